The number of amides is 1. The zero-order chi connectivity index (χ0) is 23.1. The van der Waals surface area contributed by atoms with Crippen LogP contribution in [0.4, 0.5) is 0 Å². The standard InChI is InChI=1S/C23H18BrIN2O5/c1-30-18-8-6-15(7-9-18)23(29)32-21-19(24)10-14(11-20(21)31-2)13-26-27-22(28)16-4-3-5-17(25)12-16/h3-13H,1-2H3,(H,27,28)/b26-13-. The summed E-state index contributed by atoms with van der Waals surface area (Å²) in [5.74, 6) is 0.326. The number of hydrogen-bond acceptors (Lipinski definition) is 6. The van der Waals surface area contributed by atoms with Crippen LogP contribution in [0.1, 0.15) is 26.3 Å². The molecule has 0 aliphatic rings. The first-order valence-corrected chi connectivity index (χ1v) is 11.1. The third kappa shape index (κ3) is 6.07. The summed E-state index contributed by atoms with van der Waals surface area (Å²) in [4.78, 5) is 24.7. The molecule has 0 radical (unpaired) electrons. The fourth-order valence-corrected chi connectivity index (χ4v) is 3.74. The second kappa shape index (κ2) is 11.1. The predicted octanol–water partition coefficient (Wildman–Crippen LogP) is 5.05. The van der Waals surface area contributed by atoms with Gasteiger partial charge in [0.25, 0.3) is 5.91 Å². The van der Waals surface area contributed by atoms with Crippen molar-refractivity contribution in [3.8, 4) is 17.2 Å². The fourth-order valence-electron chi connectivity index (χ4n) is 2.65. The molecule has 1 amide bonds. The molecule has 0 bridgehead atoms. The number of methoxy groups -OCH3 is 2. The molecule has 0 fully saturated rings. The normalized spacial score (nSPS) is 10.6. The highest BCUT2D eigenvalue weighted by atomic mass is 127. The van der Waals surface area contributed by atoms with Crippen LogP contribution in [0.2, 0.25) is 0 Å². The van der Waals surface area contributed by atoms with E-state index in [9.17, 15) is 9.59 Å². The van der Waals surface area contributed by atoms with E-state index in [0.717, 1.165) is 3.57 Å². The molecule has 0 aliphatic carbocycles. The first kappa shape index (κ1) is 23.7. The van der Waals surface area contributed by atoms with Crippen molar-refractivity contribution in [3.63, 3.8) is 0 Å². The van der Waals surface area contributed by atoms with Crippen molar-refractivity contribution in [2.45, 2.75) is 0 Å². The van der Waals surface area contributed by atoms with Crippen molar-refractivity contribution in [1.29, 1.82) is 0 Å². The van der Waals surface area contributed by atoms with Gasteiger partial charge in [-0.15, -0.1) is 0 Å². The van der Waals surface area contributed by atoms with Crippen molar-refractivity contribution in [2.24, 2.45) is 5.10 Å². The molecule has 0 aliphatic heterocycles. The molecule has 7 nitrogen and oxygen atoms in total. The van der Waals surface area contributed by atoms with E-state index >= 15 is 0 Å². The van der Waals surface area contributed by atoms with Gasteiger partial charge in [0, 0.05) is 9.13 Å². The highest BCUT2D eigenvalue weighted by Crippen LogP contribution is 2.37. The summed E-state index contributed by atoms with van der Waals surface area (Å²) in [6.45, 7) is 0. The molecule has 0 spiro atoms. The van der Waals surface area contributed by atoms with Gasteiger partial charge in [-0.3, -0.25) is 4.79 Å². The van der Waals surface area contributed by atoms with E-state index in [-0.39, 0.29) is 11.7 Å². The Balaban J connectivity index is 1.73. The molecule has 0 heterocycles. The second-order valence-corrected chi connectivity index (χ2v) is 8.46. The van der Waals surface area contributed by atoms with Crippen LogP contribution in [-0.4, -0.2) is 32.3 Å². The van der Waals surface area contributed by atoms with E-state index in [0.29, 0.717) is 32.7 Å². The summed E-state index contributed by atoms with van der Waals surface area (Å²) < 4.78 is 17.4. The van der Waals surface area contributed by atoms with Gasteiger partial charge >= 0.3 is 5.97 Å². The Kier molecular flexibility index (Phi) is 8.23. The lowest BCUT2D eigenvalue weighted by molar-refractivity contribution is 0.0728. The van der Waals surface area contributed by atoms with Crippen molar-refractivity contribution in [3.05, 3.63) is 85.4 Å². The average molecular weight is 609 g/mol. The van der Waals surface area contributed by atoms with Crippen molar-refractivity contribution >= 4 is 56.6 Å². The smallest absolute Gasteiger partial charge is 0.343 e. The third-order valence-electron chi connectivity index (χ3n) is 4.24. The van der Waals surface area contributed by atoms with Gasteiger partial charge in [0.05, 0.1) is 30.5 Å². The van der Waals surface area contributed by atoms with E-state index in [2.05, 4.69) is 49.0 Å². The van der Waals surface area contributed by atoms with Crippen LogP contribution >= 0.6 is 38.5 Å². The van der Waals surface area contributed by atoms with Crippen molar-refractivity contribution in [1.82, 2.24) is 5.43 Å². The zero-order valence-electron chi connectivity index (χ0n) is 17.1. The highest BCUT2D eigenvalue weighted by molar-refractivity contribution is 14.1. The minimum absolute atomic E-state index is 0.230. The first-order valence-electron chi connectivity index (χ1n) is 9.24. The number of halogens is 2. The largest absolute Gasteiger partial charge is 0.497 e. The van der Waals surface area contributed by atoms with E-state index in [1.165, 1.54) is 13.3 Å². The highest BCUT2D eigenvalue weighted by Gasteiger charge is 2.17. The number of carbonyl (C=O) groups excluding carboxylic acids is 2. The molecule has 1 N–H and O–H groups in total. The number of hydrazone groups is 1. The van der Waals surface area contributed by atoms with Crippen LogP contribution < -0.4 is 19.6 Å². The molecule has 0 atom stereocenters. The van der Waals surface area contributed by atoms with Crippen LogP contribution in [0.15, 0.2) is 70.2 Å². The van der Waals surface area contributed by atoms with Gasteiger partial charge in [0.1, 0.15) is 5.75 Å². The summed E-state index contributed by atoms with van der Waals surface area (Å²) in [7, 11) is 3.01. The molecule has 9 heteroatoms. The maximum atomic E-state index is 12.5. The molecule has 0 saturated carbocycles. The predicted molar refractivity (Wildman–Crippen MR) is 133 cm³/mol. The number of nitrogens with one attached hydrogen (secondary N) is 1. The molecule has 164 valence electrons. The quantitative estimate of drug-likeness (QED) is 0.133. The number of nitrogens with zero attached hydrogens (tertiary/aromatic N) is 1. The molecule has 3 aromatic rings. The lowest BCUT2D eigenvalue weighted by atomic mass is 10.2. The summed E-state index contributed by atoms with van der Waals surface area (Å²) in [5, 5.41) is 4.00. The Morgan fingerprint density at radius 3 is 2.41 bits per heavy atom. The van der Waals surface area contributed by atoms with Gasteiger partial charge in [-0.05, 0) is 98.7 Å². The van der Waals surface area contributed by atoms with Crippen LogP contribution in [0.3, 0.4) is 0 Å². The van der Waals surface area contributed by atoms with Gasteiger partial charge in [0.15, 0.2) is 11.5 Å². The lowest BCUT2D eigenvalue weighted by Crippen LogP contribution is -2.17. The summed E-state index contributed by atoms with van der Waals surface area (Å²) in [6, 6.07) is 17.1. The van der Waals surface area contributed by atoms with Crippen LogP contribution in [-0.2, 0) is 0 Å². The zero-order valence-corrected chi connectivity index (χ0v) is 20.8. The number of esters is 1. The second-order valence-electron chi connectivity index (χ2n) is 6.36. The van der Waals surface area contributed by atoms with Gasteiger partial charge in [0.2, 0.25) is 0 Å². The number of carbonyl (C=O) groups is 2. The number of ether oxygens (including phenoxy) is 3. The van der Waals surface area contributed by atoms with Crippen LogP contribution in [0.25, 0.3) is 0 Å². The first-order chi connectivity index (χ1) is 15.4. The Morgan fingerprint density at radius 2 is 1.75 bits per heavy atom. The molecular weight excluding hydrogens is 591 g/mol. The Morgan fingerprint density at radius 1 is 1.00 bits per heavy atom. The minimum Gasteiger partial charge on any atom is -0.497 e. The number of benzene rings is 3. The topological polar surface area (TPSA) is 86.2 Å². The maximum absolute atomic E-state index is 12.5. The average Bonchev–Trinajstić information content (AvgIpc) is 2.80. The molecule has 3 rings (SSSR count). The number of rotatable bonds is 7. The van der Waals surface area contributed by atoms with Crippen LogP contribution in [0, 0.1) is 3.57 Å². The molecular formula is C23H18BrIN2O5. The van der Waals surface area contributed by atoms with E-state index in [4.69, 9.17) is 14.2 Å². The maximum Gasteiger partial charge on any atom is 0.343 e. The molecule has 0 unspecified atom stereocenters. The van der Waals surface area contributed by atoms with Gasteiger partial charge in [-0.25, -0.2) is 10.2 Å². The van der Waals surface area contributed by atoms with Gasteiger partial charge in [-0.2, -0.15) is 5.10 Å². The molecule has 0 aromatic heterocycles. The van der Waals surface area contributed by atoms with Crippen molar-refractivity contribution in [2.75, 3.05) is 14.2 Å². The molecule has 3 aromatic carbocycles. The van der Waals surface area contributed by atoms with Gasteiger partial charge < -0.3 is 14.2 Å². The van der Waals surface area contributed by atoms with E-state index < -0.39 is 5.97 Å². The Hall–Kier alpha value is -2.92. The monoisotopic (exact) mass is 608 g/mol. The Bertz CT molecular complexity index is 1170. The third-order valence-corrected chi connectivity index (χ3v) is 5.50. The fraction of sp³-hybridized carbons (Fsp3) is 0.0870. The van der Waals surface area contributed by atoms with E-state index in [1.54, 1.807) is 61.7 Å². The van der Waals surface area contributed by atoms with E-state index in [1.807, 2.05) is 6.07 Å². The van der Waals surface area contributed by atoms with Crippen molar-refractivity contribution < 1.29 is 23.8 Å². The molecule has 32 heavy (non-hydrogen) atoms. The van der Waals surface area contributed by atoms with Gasteiger partial charge in [-0.1, -0.05) is 6.07 Å². The minimum atomic E-state index is -0.544. The summed E-state index contributed by atoms with van der Waals surface area (Å²) >= 11 is 5.54. The number of hydrogen-bond donors (Lipinski definition) is 1. The summed E-state index contributed by atoms with van der Waals surface area (Å²) in [5.41, 5.74) is 3.98. The summed E-state index contributed by atoms with van der Waals surface area (Å²) in [6.07, 6.45) is 1.47. The Labute approximate surface area is 207 Å². The molecule has 0 saturated heterocycles. The van der Waals surface area contributed by atoms with Crippen LogP contribution in [0.5, 0.6) is 17.2 Å². The SMILES string of the molecule is COc1ccc(C(=O)Oc2c(Br)cc(/C=N\NC(=O)c3cccc(I)c3)cc2OC)cc1. The lowest BCUT2D eigenvalue weighted by Gasteiger charge is -2.12.